The SMILES string of the molecule is C[C@@H]1CCCN(S(=O)(=O)c2ccc3c(c2)n(C)c(=O)c(=O)n3C)C1. The van der Waals surface area contributed by atoms with Gasteiger partial charge in [-0.3, -0.25) is 9.59 Å². The van der Waals surface area contributed by atoms with Crippen LogP contribution in [0.1, 0.15) is 19.8 Å². The van der Waals surface area contributed by atoms with Gasteiger partial charge in [0.2, 0.25) is 10.0 Å². The van der Waals surface area contributed by atoms with Gasteiger partial charge in [0, 0.05) is 27.2 Å². The Labute approximate surface area is 140 Å². The van der Waals surface area contributed by atoms with Crippen LogP contribution in [0.4, 0.5) is 0 Å². The fourth-order valence-electron chi connectivity index (χ4n) is 3.24. The minimum atomic E-state index is -3.61. The fourth-order valence-corrected chi connectivity index (χ4v) is 4.85. The average Bonchev–Trinajstić information content (AvgIpc) is 2.57. The maximum atomic E-state index is 12.9. The van der Waals surface area contributed by atoms with Gasteiger partial charge in [0.1, 0.15) is 0 Å². The smallest absolute Gasteiger partial charge is 0.305 e. The van der Waals surface area contributed by atoms with Gasteiger partial charge in [-0.25, -0.2) is 8.42 Å². The second-order valence-electron chi connectivity index (χ2n) is 6.49. The van der Waals surface area contributed by atoms with Crippen LogP contribution in [0.2, 0.25) is 0 Å². The topological polar surface area (TPSA) is 81.4 Å². The third-order valence-corrected chi connectivity index (χ3v) is 6.58. The van der Waals surface area contributed by atoms with Crippen molar-refractivity contribution in [1.82, 2.24) is 13.4 Å². The van der Waals surface area contributed by atoms with E-state index in [0.29, 0.717) is 30.0 Å². The summed E-state index contributed by atoms with van der Waals surface area (Å²) in [6.07, 6.45) is 1.88. The molecule has 0 saturated carbocycles. The van der Waals surface area contributed by atoms with E-state index in [9.17, 15) is 18.0 Å². The van der Waals surface area contributed by atoms with Gasteiger partial charge in [0.05, 0.1) is 15.9 Å². The molecule has 7 nitrogen and oxygen atoms in total. The van der Waals surface area contributed by atoms with Crippen molar-refractivity contribution in [3.8, 4) is 0 Å². The van der Waals surface area contributed by atoms with Gasteiger partial charge in [-0.15, -0.1) is 0 Å². The number of hydrogen-bond donors (Lipinski definition) is 0. The number of sulfonamides is 1. The molecule has 1 aromatic carbocycles. The molecule has 1 aliphatic heterocycles. The molecular weight excluding hydrogens is 330 g/mol. The van der Waals surface area contributed by atoms with E-state index in [1.807, 2.05) is 6.92 Å². The molecule has 1 atom stereocenters. The summed E-state index contributed by atoms with van der Waals surface area (Å²) < 4.78 is 29.7. The van der Waals surface area contributed by atoms with Crippen LogP contribution in [0.15, 0.2) is 32.7 Å². The van der Waals surface area contributed by atoms with Crippen molar-refractivity contribution in [2.45, 2.75) is 24.7 Å². The summed E-state index contributed by atoms with van der Waals surface area (Å²) in [5.74, 6) is 0.333. The highest BCUT2D eigenvalue weighted by molar-refractivity contribution is 7.89. The first-order chi connectivity index (χ1) is 11.2. The molecule has 0 bridgehead atoms. The zero-order valence-corrected chi connectivity index (χ0v) is 14.8. The maximum absolute atomic E-state index is 12.9. The third kappa shape index (κ3) is 2.59. The molecule has 0 radical (unpaired) electrons. The van der Waals surface area contributed by atoms with Crippen LogP contribution >= 0.6 is 0 Å². The molecule has 24 heavy (non-hydrogen) atoms. The summed E-state index contributed by atoms with van der Waals surface area (Å²) in [4.78, 5) is 24.0. The minimum absolute atomic E-state index is 0.151. The Morgan fingerprint density at radius 1 is 1.04 bits per heavy atom. The Kier molecular flexibility index (Phi) is 4.13. The number of nitrogens with zero attached hydrogens (tertiary/aromatic N) is 3. The van der Waals surface area contributed by atoms with Gasteiger partial charge in [-0.05, 0) is 37.0 Å². The zero-order chi connectivity index (χ0) is 17.6. The number of benzene rings is 1. The molecule has 3 rings (SSSR count). The standard InChI is InChI=1S/C16H21N3O4S/c1-11-5-4-8-19(10-11)24(22,23)12-6-7-13-14(9-12)18(3)16(21)15(20)17(13)2/h6-7,9,11H,4-5,8,10H2,1-3H3/t11-/m1/s1. The van der Waals surface area contributed by atoms with Crippen LogP contribution in [0.3, 0.4) is 0 Å². The van der Waals surface area contributed by atoms with E-state index in [1.165, 1.54) is 39.7 Å². The fraction of sp³-hybridized carbons (Fsp3) is 0.500. The molecule has 0 N–H and O–H groups in total. The van der Waals surface area contributed by atoms with Crippen molar-refractivity contribution in [3.05, 3.63) is 38.9 Å². The van der Waals surface area contributed by atoms with Crippen molar-refractivity contribution in [3.63, 3.8) is 0 Å². The van der Waals surface area contributed by atoms with Crippen molar-refractivity contribution in [2.24, 2.45) is 20.0 Å². The van der Waals surface area contributed by atoms with Gasteiger partial charge in [-0.2, -0.15) is 4.31 Å². The quantitative estimate of drug-likeness (QED) is 0.744. The summed E-state index contributed by atoms with van der Waals surface area (Å²) in [5.41, 5.74) is -0.363. The molecule has 1 fully saturated rings. The van der Waals surface area contributed by atoms with Crippen LogP contribution in [0, 0.1) is 5.92 Å². The van der Waals surface area contributed by atoms with Crippen molar-refractivity contribution >= 4 is 21.1 Å². The molecule has 2 heterocycles. The Balaban J connectivity index is 2.18. The number of aryl methyl sites for hydroxylation is 2. The summed E-state index contributed by atoms with van der Waals surface area (Å²) in [6.45, 7) is 3.06. The predicted octanol–water partition coefficient (Wildman–Crippen LogP) is 0.658. The zero-order valence-electron chi connectivity index (χ0n) is 14.0. The molecule has 0 spiro atoms. The second kappa shape index (κ2) is 5.86. The summed E-state index contributed by atoms with van der Waals surface area (Å²) in [7, 11) is -0.624. The number of rotatable bonds is 2. The molecule has 0 aliphatic carbocycles. The number of fused-ring (bicyclic) bond motifs is 1. The lowest BCUT2D eigenvalue weighted by molar-refractivity contribution is 0.281. The number of aromatic nitrogens is 2. The van der Waals surface area contributed by atoms with Crippen molar-refractivity contribution < 1.29 is 8.42 Å². The molecular formula is C16H21N3O4S. The minimum Gasteiger partial charge on any atom is -0.305 e. The molecule has 1 saturated heterocycles. The van der Waals surface area contributed by atoms with Crippen LogP contribution in [0.25, 0.3) is 11.0 Å². The first-order valence-electron chi connectivity index (χ1n) is 7.93. The second-order valence-corrected chi connectivity index (χ2v) is 8.43. The molecule has 0 amide bonds. The Hall–Kier alpha value is -1.93. The highest BCUT2D eigenvalue weighted by Crippen LogP contribution is 2.25. The van der Waals surface area contributed by atoms with Gasteiger partial charge < -0.3 is 9.13 Å². The molecule has 2 aromatic rings. The largest absolute Gasteiger partial charge is 0.316 e. The summed E-state index contributed by atoms with van der Waals surface area (Å²) >= 11 is 0. The lowest BCUT2D eigenvalue weighted by atomic mass is 10.0. The molecule has 1 aromatic heterocycles. The molecule has 0 unspecified atom stereocenters. The van der Waals surface area contributed by atoms with E-state index >= 15 is 0 Å². The van der Waals surface area contributed by atoms with E-state index < -0.39 is 21.1 Å². The van der Waals surface area contributed by atoms with E-state index in [-0.39, 0.29) is 4.90 Å². The Bertz CT molecular complexity index is 1020. The van der Waals surface area contributed by atoms with Crippen LogP contribution in [0.5, 0.6) is 0 Å². The van der Waals surface area contributed by atoms with E-state index in [1.54, 1.807) is 6.07 Å². The first-order valence-corrected chi connectivity index (χ1v) is 9.37. The predicted molar refractivity (Wildman–Crippen MR) is 91.6 cm³/mol. The molecule has 8 heteroatoms. The number of hydrogen-bond acceptors (Lipinski definition) is 4. The Morgan fingerprint density at radius 3 is 2.29 bits per heavy atom. The highest BCUT2D eigenvalue weighted by Gasteiger charge is 2.29. The average molecular weight is 351 g/mol. The first kappa shape index (κ1) is 16.9. The molecule has 130 valence electrons. The van der Waals surface area contributed by atoms with E-state index in [0.717, 1.165) is 12.8 Å². The van der Waals surface area contributed by atoms with Crippen LogP contribution in [-0.4, -0.2) is 34.9 Å². The van der Waals surface area contributed by atoms with Crippen LogP contribution < -0.4 is 11.1 Å². The Morgan fingerprint density at radius 2 is 1.67 bits per heavy atom. The van der Waals surface area contributed by atoms with E-state index in [2.05, 4.69) is 0 Å². The number of piperidine rings is 1. The maximum Gasteiger partial charge on any atom is 0.316 e. The van der Waals surface area contributed by atoms with Gasteiger partial charge in [0.25, 0.3) is 0 Å². The van der Waals surface area contributed by atoms with Gasteiger partial charge in [0.15, 0.2) is 0 Å². The monoisotopic (exact) mass is 351 g/mol. The molecule has 1 aliphatic rings. The summed E-state index contributed by atoms with van der Waals surface area (Å²) in [6, 6.07) is 4.56. The highest BCUT2D eigenvalue weighted by atomic mass is 32.2. The lowest BCUT2D eigenvalue weighted by Crippen LogP contribution is -2.40. The van der Waals surface area contributed by atoms with Crippen LogP contribution in [-0.2, 0) is 24.1 Å². The van der Waals surface area contributed by atoms with Crippen molar-refractivity contribution in [2.75, 3.05) is 13.1 Å². The van der Waals surface area contributed by atoms with Crippen molar-refractivity contribution in [1.29, 1.82) is 0 Å². The third-order valence-electron chi connectivity index (χ3n) is 4.72. The lowest BCUT2D eigenvalue weighted by Gasteiger charge is -2.30. The summed E-state index contributed by atoms with van der Waals surface area (Å²) in [5, 5.41) is 0. The van der Waals surface area contributed by atoms with E-state index in [4.69, 9.17) is 0 Å². The normalized spacial score (nSPS) is 19.7. The van der Waals surface area contributed by atoms with Gasteiger partial charge >= 0.3 is 11.1 Å². The van der Waals surface area contributed by atoms with Gasteiger partial charge in [-0.1, -0.05) is 6.92 Å².